The lowest BCUT2D eigenvalue weighted by molar-refractivity contribution is 0.136. The van der Waals surface area contributed by atoms with Gasteiger partial charge in [0.25, 0.3) is 0 Å². The van der Waals surface area contributed by atoms with Crippen LogP contribution in [0.25, 0.3) is 0 Å². The topological polar surface area (TPSA) is 32.3 Å². The minimum Gasteiger partial charge on any atom is -0.394 e. The summed E-state index contributed by atoms with van der Waals surface area (Å²) >= 11 is 0. The van der Waals surface area contributed by atoms with Crippen molar-refractivity contribution in [2.45, 2.75) is 31.2 Å². The molecule has 1 heterocycles. The van der Waals surface area contributed by atoms with Crippen molar-refractivity contribution in [3.8, 4) is 0 Å². The summed E-state index contributed by atoms with van der Waals surface area (Å²) < 4.78 is 13.6. The highest BCUT2D eigenvalue weighted by atomic mass is 19.1. The average Bonchev–Trinajstić information content (AvgIpc) is 2.30. The van der Waals surface area contributed by atoms with Crippen molar-refractivity contribution in [2.75, 3.05) is 13.2 Å². The first-order chi connectivity index (χ1) is 7.64. The van der Waals surface area contributed by atoms with Crippen molar-refractivity contribution < 1.29 is 9.50 Å². The number of benzene rings is 1. The fourth-order valence-corrected chi connectivity index (χ4v) is 2.46. The smallest absolute Gasteiger partial charge is 0.126 e. The van der Waals surface area contributed by atoms with Crippen LogP contribution in [0.3, 0.4) is 0 Å². The van der Waals surface area contributed by atoms with E-state index in [2.05, 4.69) is 5.32 Å². The lowest BCUT2D eigenvalue weighted by Gasteiger charge is -2.38. The minimum absolute atomic E-state index is 0.0952. The van der Waals surface area contributed by atoms with E-state index >= 15 is 0 Å². The van der Waals surface area contributed by atoms with Crippen molar-refractivity contribution in [1.29, 1.82) is 0 Å². The first-order valence-corrected chi connectivity index (χ1v) is 5.75. The van der Waals surface area contributed by atoms with E-state index in [0.29, 0.717) is 0 Å². The highest BCUT2D eigenvalue weighted by Gasteiger charge is 2.32. The molecule has 88 valence electrons. The Morgan fingerprint density at radius 2 is 2.25 bits per heavy atom. The molecule has 1 fully saturated rings. The van der Waals surface area contributed by atoms with E-state index in [1.54, 1.807) is 6.07 Å². The predicted molar refractivity (Wildman–Crippen MR) is 61.9 cm³/mol. The molecule has 2 atom stereocenters. The highest BCUT2D eigenvalue weighted by Crippen LogP contribution is 2.33. The summed E-state index contributed by atoms with van der Waals surface area (Å²) in [7, 11) is 0. The lowest BCUT2D eigenvalue weighted by atomic mass is 9.80. The molecule has 3 heteroatoms. The third-order valence-electron chi connectivity index (χ3n) is 3.44. The Balaban J connectivity index is 2.19. The molecule has 1 aliphatic rings. The Kier molecular flexibility index (Phi) is 3.26. The molecule has 2 N–H and O–H groups in total. The van der Waals surface area contributed by atoms with Crippen LogP contribution >= 0.6 is 0 Å². The summed E-state index contributed by atoms with van der Waals surface area (Å²) in [4.78, 5) is 0. The number of nitrogens with one attached hydrogen (secondary N) is 1. The summed E-state index contributed by atoms with van der Waals surface area (Å²) in [5.41, 5.74) is 0.509. The zero-order valence-electron chi connectivity index (χ0n) is 9.54. The summed E-state index contributed by atoms with van der Waals surface area (Å²) in [5.74, 6) is 0.0780. The number of halogens is 1. The van der Waals surface area contributed by atoms with Crippen LogP contribution < -0.4 is 5.32 Å². The summed E-state index contributed by atoms with van der Waals surface area (Å²) in [5, 5.41) is 12.6. The first-order valence-electron chi connectivity index (χ1n) is 5.75. The van der Waals surface area contributed by atoms with Crippen molar-refractivity contribution in [2.24, 2.45) is 0 Å². The van der Waals surface area contributed by atoms with E-state index in [4.69, 9.17) is 0 Å². The lowest BCUT2D eigenvalue weighted by Crippen LogP contribution is -2.50. The second kappa shape index (κ2) is 4.52. The molecule has 1 aromatic carbocycles. The van der Waals surface area contributed by atoms with Crippen LogP contribution in [0.5, 0.6) is 0 Å². The quantitative estimate of drug-likeness (QED) is 0.804. The van der Waals surface area contributed by atoms with Crippen LogP contribution in [0.15, 0.2) is 24.3 Å². The minimum atomic E-state index is -0.273. The second-order valence-corrected chi connectivity index (χ2v) is 4.86. The van der Waals surface area contributed by atoms with E-state index in [-0.39, 0.29) is 23.9 Å². The van der Waals surface area contributed by atoms with Gasteiger partial charge in [-0.2, -0.15) is 0 Å². The maximum absolute atomic E-state index is 13.6. The molecule has 2 unspecified atom stereocenters. The molecule has 1 aromatic rings. The Labute approximate surface area is 95.5 Å². The van der Waals surface area contributed by atoms with Gasteiger partial charge in [0, 0.05) is 5.54 Å². The van der Waals surface area contributed by atoms with Gasteiger partial charge < -0.3 is 10.4 Å². The van der Waals surface area contributed by atoms with E-state index in [1.807, 2.05) is 19.1 Å². The Hall–Kier alpha value is -0.930. The molecule has 0 amide bonds. The third kappa shape index (κ3) is 2.25. The zero-order chi connectivity index (χ0) is 11.6. The van der Waals surface area contributed by atoms with Crippen LogP contribution in [0, 0.1) is 5.82 Å². The molecule has 2 nitrogen and oxygen atoms in total. The molecule has 0 bridgehead atoms. The normalized spacial score (nSPS) is 30.3. The number of aliphatic hydroxyl groups is 1. The van der Waals surface area contributed by atoms with Gasteiger partial charge in [0.15, 0.2) is 0 Å². The van der Waals surface area contributed by atoms with Gasteiger partial charge in [-0.1, -0.05) is 18.2 Å². The number of hydrogen-bond acceptors (Lipinski definition) is 2. The van der Waals surface area contributed by atoms with Crippen molar-refractivity contribution in [3.05, 3.63) is 35.6 Å². The Morgan fingerprint density at radius 3 is 2.94 bits per heavy atom. The maximum Gasteiger partial charge on any atom is 0.126 e. The van der Waals surface area contributed by atoms with Crippen molar-refractivity contribution >= 4 is 0 Å². The van der Waals surface area contributed by atoms with Gasteiger partial charge in [0.1, 0.15) is 5.82 Å². The van der Waals surface area contributed by atoms with E-state index in [1.165, 1.54) is 6.07 Å². The van der Waals surface area contributed by atoms with Crippen molar-refractivity contribution in [3.63, 3.8) is 0 Å². The van der Waals surface area contributed by atoms with Gasteiger partial charge in [-0.15, -0.1) is 0 Å². The summed E-state index contributed by atoms with van der Waals surface area (Å²) in [6, 6.07) is 6.94. The molecule has 1 saturated heterocycles. The molecular formula is C13H18FNO. The monoisotopic (exact) mass is 223 g/mol. The van der Waals surface area contributed by atoms with Gasteiger partial charge in [-0.25, -0.2) is 4.39 Å². The number of hydrogen-bond donors (Lipinski definition) is 2. The van der Waals surface area contributed by atoms with Crippen LogP contribution in [0.4, 0.5) is 4.39 Å². The molecule has 1 aliphatic heterocycles. The Morgan fingerprint density at radius 1 is 1.50 bits per heavy atom. The molecule has 0 radical (unpaired) electrons. The fourth-order valence-electron chi connectivity index (χ4n) is 2.46. The molecule has 0 saturated carbocycles. The van der Waals surface area contributed by atoms with Gasteiger partial charge in [-0.05, 0) is 43.9 Å². The highest BCUT2D eigenvalue weighted by molar-refractivity contribution is 5.23. The van der Waals surface area contributed by atoms with Crippen LogP contribution in [-0.2, 0) is 0 Å². The summed E-state index contributed by atoms with van der Waals surface area (Å²) in [6.45, 7) is 2.91. The first kappa shape index (κ1) is 11.6. The van der Waals surface area contributed by atoms with Crippen LogP contribution in [-0.4, -0.2) is 23.8 Å². The fraction of sp³-hybridized carbons (Fsp3) is 0.538. The third-order valence-corrected chi connectivity index (χ3v) is 3.44. The molecular weight excluding hydrogens is 205 g/mol. The maximum atomic E-state index is 13.6. The molecule has 16 heavy (non-hydrogen) atoms. The summed E-state index contributed by atoms with van der Waals surface area (Å²) in [6.07, 6.45) is 1.71. The molecule has 2 rings (SSSR count). The number of aliphatic hydroxyl groups excluding tert-OH is 1. The molecule has 0 spiro atoms. The van der Waals surface area contributed by atoms with E-state index in [0.717, 1.165) is 24.9 Å². The van der Waals surface area contributed by atoms with Crippen LogP contribution in [0.1, 0.15) is 31.2 Å². The van der Waals surface area contributed by atoms with Crippen molar-refractivity contribution in [1.82, 2.24) is 5.32 Å². The number of rotatable bonds is 2. The average molecular weight is 223 g/mol. The molecule has 0 aromatic heterocycles. The second-order valence-electron chi connectivity index (χ2n) is 4.86. The standard InChI is InChI=1S/C13H18FNO/c1-13(9-16)8-10(6-7-15-13)11-4-2-3-5-12(11)14/h2-5,10,15-16H,6-9H2,1H3. The molecule has 0 aliphatic carbocycles. The Bertz CT molecular complexity index is 369. The van der Waals surface area contributed by atoms with Gasteiger partial charge >= 0.3 is 0 Å². The van der Waals surface area contributed by atoms with E-state index < -0.39 is 0 Å². The van der Waals surface area contributed by atoms with Gasteiger partial charge in [0.05, 0.1) is 6.61 Å². The zero-order valence-corrected chi connectivity index (χ0v) is 9.54. The van der Waals surface area contributed by atoms with Crippen LogP contribution in [0.2, 0.25) is 0 Å². The van der Waals surface area contributed by atoms with E-state index in [9.17, 15) is 9.50 Å². The van der Waals surface area contributed by atoms with Gasteiger partial charge in [0.2, 0.25) is 0 Å². The largest absolute Gasteiger partial charge is 0.394 e. The van der Waals surface area contributed by atoms with Gasteiger partial charge in [-0.3, -0.25) is 0 Å². The number of piperidine rings is 1. The SMILES string of the molecule is CC1(CO)CC(c2ccccc2F)CCN1. The predicted octanol–water partition coefficient (Wildman–Crippen LogP) is 2.04.